The molecule has 4 aromatic rings. The zero-order chi connectivity index (χ0) is 28.0. The van der Waals surface area contributed by atoms with Gasteiger partial charge in [-0.15, -0.1) is 0 Å². The molecule has 2 fully saturated rings. The molecular formula is C28H23Cl2N3O6S. The molecule has 1 aromatic heterocycles. The molecule has 0 radical (unpaired) electrons. The summed E-state index contributed by atoms with van der Waals surface area (Å²) < 4.78 is 40.3. The molecule has 0 spiro atoms. The first-order chi connectivity index (χ1) is 19.2. The minimum atomic E-state index is -4.33. The molecule has 6 rings (SSSR count). The number of imide groups is 1. The summed E-state index contributed by atoms with van der Waals surface area (Å²) >= 11 is 12.3. The lowest BCUT2D eigenvalue weighted by molar-refractivity contribution is -0.122. The van der Waals surface area contributed by atoms with Gasteiger partial charge in [-0.25, -0.2) is 18.3 Å². The summed E-state index contributed by atoms with van der Waals surface area (Å²) in [5, 5.41) is 0.139. The predicted octanol–water partition coefficient (Wildman–Crippen LogP) is 5.30. The highest BCUT2D eigenvalue weighted by atomic mass is 35.5. The van der Waals surface area contributed by atoms with Gasteiger partial charge in [0.15, 0.2) is 5.58 Å². The molecule has 3 aromatic carbocycles. The third-order valence-corrected chi connectivity index (χ3v) is 9.62. The molecule has 40 heavy (non-hydrogen) atoms. The maximum atomic E-state index is 13.9. The van der Waals surface area contributed by atoms with E-state index in [0.29, 0.717) is 41.3 Å². The van der Waals surface area contributed by atoms with E-state index in [1.165, 1.54) is 18.2 Å². The van der Waals surface area contributed by atoms with E-state index in [1.807, 2.05) is 24.3 Å². The fraction of sp³-hybridized carbons (Fsp3) is 0.250. The van der Waals surface area contributed by atoms with Crippen LogP contribution in [0, 0.1) is 0 Å². The van der Waals surface area contributed by atoms with Gasteiger partial charge in [0.2, 0.25) is 21.8 Å². The highest BCUT2D eigenvalue weighted by Gasteiger charge is 2.48. The summed E-state index contributed by atoms with van der Waals surface area (Å²) in [5.74, 6) is -0.773. The Morgan fingerprint density at radius 3 is 2.52 bits per heavy atom. The SMILES string of the molecule is O=C1CC(N(CC2CCCO2)S(=O)(=O)c2cc(Cl)ccc2Cl)C(=O)N1c1ccc(-c2nc3ccccc3o2)cc1. The lowest BCUT2D eigenvalue weighted by Crippen LogP contribution is -2.48. The largest absolute Gasteiger partial charge is 0.436 e. The molecule has 12 heteroatoms. The third-order valence-electron chi connectivity index (χ3n) is 7.02. The van der Waals surface area contributed by atoms with Crippen LogP contribution in [0.15, 0.2) is 76.0 Å². The van der Waals surface area contributed by atoms with Crippen LogP contribution >= 0.6 is 23.2 Å². The van der Waals surface area contributed by atoms with Crippen LogP contribution in [-0.2, 0) is 24.3 Å². The molecule has 0 N–H and O–H groups in total. The van der Waals surface area contributed by atoms with Crippen molar-refractivity contribution in [1.82, 2.24) is 9.29 Å². The van der Waals surface area contributed by atoms with Crippen molar-refractivity contribution in [3.8, 4) is 11.5 Å². The molecule has 0 bridgehead atoms. The molecule has 2 aliphatic rings. The van der Waals surface area contributed by atoms with E-state index in [0.717, 1.165) is 15.6 Å². The van der Waals surface area contributed by atoms with Gasteiger partial charge in [0.25, 0.3) is 5.91 Å². The molecule has 0 saturated carbocycles. The van der Waals surface area contributed by atoms with Crippen LogP contribution in [0.5, 0.6) is 0 Å². The van der Waals surface area contributed by atoms with E-state index in [-0.39, 0.29) is 27.9 Å². The van der Waals surface area contributed by atoms with Crippen molar-refractivity contribution < 1.29 is 27.2 Å². The summed E-state index contributed by atoms with van der Waals surface area (Å²) in [7, 11) is -4.33. The number of sulfonamides is 1. The maximum absolute atomic E-state index is 13.9. The molecule has 206 valence electrons. The summed E-state index contributed by atoms with van der Waals surface area (Å²) in [6, 6.07) is 16.8. The first kappa shape index (κ1) is 26.9. The van der Waals surface area contributed by atoms with Gasteiger partial charge in [0, 0.05) is 23.7 Å². The van der Waals surface area contributed by atoms with Crippen LogP contribution in [0.4, 0.5) is 5.69 Å². The Morgan fingerprint density at radius 1 is 1.02 bits per heavy atom. The van der Waals surface area contributed by atoms with Crippen molar-refractivity contribution in [2.75, 3.05) is 18.1 Å². The molecule has 2 amide bonds. The van der Waals surface area contributed by atoms with Crippen LogP contribution in [0.2, 0.25) is 10.0 Å². The molecule has 3 heterocycles. The number of carbonyl (C=O) groups is 2. The van der Waals surface area contributed by atoms with Gasteiger partial charge in [-0.2, -0.15) is 4.31 Å². The minimum Gasteiger partial charge on any atom is -0.436 e. The van der Waals surface area contributed by atoms with Gasteiger partial charge in [-0.05, 0) is 67.4 Å². The van der Waals surface area contributed by atoms with Gasteiger partial charge in [0.1, 0.15) is 16.5 Å². The number of rotatable bonds is 7. The average molecular weight is 600 g/mol. The highest BCUT2D eigenvalue weighted by molar-refractivity contribution is 7.89. The van der Waals surface area contributed by atoms with Crippen LogP contribution in [-0.4, -0.2) is 54.8 Å². The van der Waals surface area contributed by atoms with E-state index in [4.69, 9.17) is 32.4 Å². The third kappa shape index (κ3) is 4.90. The van der Waals surface area contributed by atoms with E-state index < -0.39 is 34.0 Å². The molecule has 2 atom stereocenters. The van der Waals surface area contributed by atoms with Crippen molar-refractivity contribution in [2.24, 2.45) is 0 Å². The van der Waals surface area contributed by atoms with Crippen LogP contribution in [0.25, 0.3) is 22.6 Å². The average Bonchev–Trinajstić information content (AvgIpc) is 3.68. The zero-order valence-electron chi connectivity index (χ0n) is 21.0. The van der Waals surface area contributed by atoms with Gasteiger partial charge < -0.3 is 9.15 Å². The van der Waals surface area contributed by atoms with E-state index >= 15 is 0 Å². The van der Waals surface area contributed by atoms with Crippen molar-refractivity contribution in [3.63, 3.8) is 0 Å². The standard InChI is InChI=1S/C28H23Cl2N3O6S/c29-18-9-12-21(30)25(14-18)40(36,37)32(16-20-4-3-13-38-20)23-15-26(34)33(28(23)35)19-10-7-17(8-11-19)27-31-22-5-1-2-6-24(22)39-27/h1-2,5-12,14,20,23H,3-4,13,15-16H2. The second-order valence-electron chi connectivity index (χ2n) is 9.61. The number of oxazole rings is 1. The molecule has 2 aliphatic heterocycles. The molecular weight excluding hydrogens is 577 g/mol. The van der Waals surface area contributed by atoms with Gasteiger partial charge in [-0.3, -0.25) is 9.59 Å². The van der Waals surface area contributed by atoms with E-state index in [2.05, 4.69) is 4.98 Å². The summed E-state index contributed by atoms with van der Waals surface area (Å²) in [6.45, 7) is 0.395. The fourth-order valence-corrected chi connectivity index (χ4v) is 7.40. The fourth-order valence-electron chi connectivity index (χ4n) is 5.04. The first-order valence-corrected chi connectivity index (χ1v) is 14.8. The quantitative estimate of drug-likeness (QED) is 0.265. The number of nitrogens with zero attached hydrogens (tertiary/aromatic N) is 3. The first-order valence-electron chi connectivity index (χ1n) is 12.6. The number of hydrogen-bond donors (Lipinski definition) is 0. The van der Waals surface area contributed by atoms with Gasteiger partial charge in [0.05, 0.1) is 23.2 Å². The van der Waals surface area contributed by atoms with Crippen molar-refractivity contribution >= 4 is 61.8 Å². The highest BCUT2D eigenvalue weighted by Crippen LogP contribution is 2.35. The number of amides is 2. The maximum Gasteiger partial charge on any atom is 0.252 e. The van der Waals surface area contributed by atoms with Crippen LogP contribution in [0.3, 0.4) is 0 Å². The number of halogens is 2. The Hall–Kier alpha value is -3.28. The smallest absolute Gasteiger partial charge is 0.252 e. The Morgan fingerprint density at radius 2 is 1.80 bits per heavy atom. The second kappa shape index (κ2) is 10.6. The summed E-state index contributed by atoms with van der Waals surface area (Å²) in [5.41, 5.74) is 2.32. The van der Waals surface area contributed by atoms with Crippen LogP contribution < -0.4 is 4.90 Å². The summed E-state index contributed by atoms with van der Waals surface area (Å²) in [4.78, 5) is 32.1. The summed E-state index contributed by atoms with van der Waals surface area (Å²) in [6.07, 6.45) is 0.661. The van der Waals surface area contributed by atoms with Crippen molar-refractivity contribution in [3.05, 3.63) is 76.8 Å². The number of para-hydroxylation sites is 2. The number of aromatic nitrogens is 1. The van der Waals surface area contributed by atoms with Crippen molar-refractivity contribution in [2.45, 2.75) is 36.3 Å². The van der Waals surface area contributed by atoms with Gasteiger partial charge >= 0.3 is 0 Å². The number of fused-ring (bicyclic) bond motifs is 1. The topological polar surface area (TPSA) is 110 Å². The van der Waals surface area contributed by atoms with Crippen LogP contribution in [0.1, 0.15) is 19.3 Å². The Labute approximate surface area is 240 Å². The lowest BCUT2D eigenvalue weighted by Gasteiger charge is -2.29. The molecule has 9 nitrogen and oxygen atoms in total. The predicted molar refractivity (Wildman–Crippen MR) is 150 cm³/mol. The second-order valence-corrected chi connectivity index (χ2v) is 12.3. The van der Waals surface area contributed by atoms with E-state index in [9.17, 15) is 18.0 Å². The molecule has 2 unspecified atom stereocenters. The molecule has 0 aliphatic carbocycles. The normalized spacial score (nSPS) is 19.8. The number of anilines is 1. The zero-order valence-corrected chi connectivity index (χ0v) is 23.3. The number of carbonyl (C=O) groups excluding carboxylic acids is 2. The number of ether oxygens (including phenoxy) is 1. The Bertz CT molecular complexity index is 1680. The molecule has 2 saturated heterocycles. The number of benzene rings is 3. The van der Waals surface area contributed by atoms with E-state index in [1.54, 1.807) is 24.3 Å². The van der Waals surface area contributed by atoms with Crippen molar-refractivity contribution in [1.29, 1.82) is 0 Å². The van der Waals surface area contributed by atoms with Gasteiger partial charge in [-0.1, -0.05) is 35.3 Å². The monoisotopic (exact) mass is 599 g/mol. The minimum absolute atomic E-state index is 0.0369. The lowest BCUT2D eigenvalue weighted by atomic mass is 10.2. The number of hydrogen-bond acceptors (Lipinski definition) is 7. The Kier molecular flexibility index (Phi) is 7.14. The Balaban J connectivity index is 1.31.